The van der Waals surface area contributed by atoms with E-state index in [1.807, 2.05) is 4.90 Å². The molecule has 3 rings (SSSR count). The number of hydrogen-bond acceptors (Lipinski definition) is 4. The van der Waals surface area contributed by atoms with Crippen molar-refractivity contribution in [1.29, 1.82) is 0 Å². The monoisotopic (exact) mass is 324 g/mol. The number of likely N-dealkylation sites (tertiary alicyclic amines) is 2. The Morgan fingerprint density at radius 1 is 1.04 bits per heavy atom. The summed E-state index contributed by atoms with van der Waals surface area (Å²) in [6, 6.07) is 0. The van der Waals surface area contributed by atoms with Gasteiger partial charge in [0, 0.05) is 39.1 Å². The lowest BCUT2D eigenvalue weighted by Crippen LogP contribution is -2.49. The van der Waals surface area contributed by atoms with E-state index in [4.69, 9.17) is 4.74 Å². The summed E-state index contributed by atoms with van der Waals surface area (Å²) in [7, 11) is 1.37. The number of aliphatic carboxylic acids is 1. The smallest absolute Gasteiger partial charge is 0.337 e. The van der Waals surface area contributed by atoms with E-state index in [1.54, 1.807) is 4.90 Å². The molecule has 0 aromatic carbocycles. The van der Waals surface area contributed by atoms with E-state index >= 15 is 0 Å². The molecule has 2 unspecified atom stereocenters. The van der Waals surface area contributed by atoms with Crippen LogP contribution < -0.4 is 0 Å². The molecule has 7 nitrogen and oxygen atoms in total. The van der Waals surface area contributed by atoms with Gasteiger partial charge < -0.3 is 19.6 Å². The summed E-state index contributed by atoms with van der Waals surface area (Å²) in [6.45, 7) is 1.69. The fourth-order valence-corrected chi connectivity index (χ4v) is 3.62. The fraction of sp³-hybridized carbons (Fsp3) is 0.812. The van der Waals surface area contributed by atoms with Gasteiger partial charge in [0.05, 0.1) is 12.5 Å². The van der Waals surface area contributed by atoms with Crippen LogP contribution in [0.1, 0.15) is 32.1 Å². The van der Waals surface area contributed by atoms with Crippen molar-refractivity contribution in [2.75, 3.05) is 33.3 Å². The number of hydrogen-bond donors (Lipinski definition) is 1. The molecule has 2 atom stereocenters. The second kappa shape index (κ2) is 6.11. The van der Waals surface area contributed by atoms with Crippen molar-refractivity contribution in [1.82, 2.24) is 9.80 Å². The maximum atomic E-state index is 12.7. The second-order valence-electron chi connectivity index (χ2n) is 6.91. The SMILES string of the molecule is COC1(C(=O)O)CCN(C(=O)C2CCCN(C(=O)C3CC3)C2)C1. The van der Waals surface area contributed by atoms with Gasteiger partial charge in [-0.2, -0.15) is 0 Å². The molecule has 1 aliphatic carbocycles. The average Bonchev–Trinajstić information content (AvgIpc) is 3.32. The Kier molecular flexibility index (Phi) is 4.31. The van der Waals surface area contributed by atoms with Gasteiger partial charge in [-0.25, -0.2) is 4.79 Å². The van der Waals surface area contributed by atoms with E-state index in [9.17, 15) is 19.5 Å². The van der Waals surface area contributed by atoms with Crippen molar-refractivity contribution in [2.45, 2.75) is 37.7 Å². The van der Waals surface area contributed by atoms with Gasteiger partial charge in [0.2, 0.25) is 11.8 Å². The van der Waals surface area contributed by atoms with E-state index in [-0.39, 0.29) is 30.2 Å². The van der Waals surface area contributed by atoms with Crippen LogP contribution >= 0.6 is 0 Å². The predicted octanol–water partition coefficient (Wildman–Crippen LogP) is 0.337. The molecule has 3 aliphatic rings. The normalized spacial score (nSPS) is 31.3. The number of nitrogens with zero attached hydrogens (tertiary/aromatic N) is 2. The standard InChI is InChI=1S/C16H24N2O5/c1-23-16(15(21)22)6-8-18(10-16)14(20)12-3-2-7-17(9-12)13(19)11-4-5-11/h11-12H,2-10H2,1H3,(H,21,22). The molecule has 2 heterocycles. The predicted molar refractivity (Wildman–Crippen MR) is 80.6 cm³/mol. The number of carbonyl (C=O) groups excluding carboxylic acids is 2. The number of amides is 2. The number of rotatable bonds is 4. The molecule has 128 valence electrons. The van der Waals surface area contributed by atoms with Crippen molar-refractivity contribution < 1.29 is 24.2 Å². The first-order valence-corrected chi connectivity index (χ1v) is 8.33. The first-order valence-electron chi connectivity index (χ1n) is 8.33. The van der Waals surface area contributed by atoms with Gasteiger partial charge in [0.15, 0.2) is 5.60 Å². The van der Waals surface area contributed by atoms with Gasteiger partial charge in [0.1, 0.15) is 0 Å². The maximum absolute atomic E-state index is 12.7. The van der Waals surface area contributed by atoms with E-state index in [2.05, 4.69) is 0 Å². The number of methoxy groups -OCH3 is 1. The van der Waals surface area contributed by atoms with Crippen LogP contribution in [0.5, 0.6) is 0 Å². The Labute approximate surface area is 135 Å². The Hall–Kier alpha value is -1.63. The molecule has 1 N–H and O–H groups in total. The van der Waals surface area contributed by atoms with Crippen LogP contribution in [-0.2, 0) is 19.1 Å². The lowest BCUT2D eigenvalue weighted by atomic mass is 9.96. The summed E-state index contributed by atoms with van der Waals surface area (Å²) in [5.74, 6) is -0.930. The van der Waals surface area contributed by atoms with Gasteiger partial charge in [0.25, 0.3) is 0 Å². The van der Waals surface area contributed by atoms with Crippen LogP contribution in [0.25, 0.3) is 0 Å². The topological polar surface area (TPSA) is 87.2 Å². The summed E-state index contributed by atoms with van der Waals surface area (Å²) >= 11 is 0. The van der Waals surface area contributed by atoms with Crippen molar-refractivity contribution in [3.05, 3.63) is 0 Å². The van der Waals surface area contributed by atoms with Crippen LogP contribution in [0.15, 0.2) is 0 Å². The summed E-state index contributed by atoms with van der Waals surface area (Å²) in [6.07, 6.45) is 3.83. The van der Waals surface area contributed by atoms with E-state index in [1.165, 1.54) is 7.11 Å². The Balaban J connectivity index is 1.61. The van der Waals surface area contributed by atoms with E-state index < -0.39 is 11.6 Å². The Morgan fingerprint density at radius 2 is 1.74 bits per heavy atom. The number of carboxylic acids is 1. The van der Waals surface area contributed by atoms with Gasteiger partial charge in [-0.3, -0.25) is 9.59 Å². The Bertz CT molecular complexity index is 519. The first kappa shape index (κ1) is 16.2. The summed E-state index contributed by atoms with van der Waals surface area (Å²) in [5, 5.41) is 9.34. The minimum absolute atomic E-state index is 0.0431. The van der Waals surface area contributed by atoms with E-state index in [0.717, 1.165) is 32.2 Å². The number of carboxylic acid groups (broad SMARTS) is 1. The third kappa shape index (κ3) is 3.06. The molecule has 2 aliphatic heterocycles. The van der Waals surface area contributed by atoms with Crippen molar-refractivity contribution in [3.63, 3.8) is 0 Å². The zero-order valence-corrected chi connectivity index (χ0v) is 13.5. The number of piperidine rings is 1. The molecule has 3 fully saturated rings. The largest absolute Gasteiger partial charge is 0.479 e. The van der Waals surface area contributed by atoms with Crippen LogP contribution in [-0.4, -0.2) is 71.6 Å². The molecular weight excluding hydrogens is 300 g/mol. The molecule has 2 saturated heterocycles. The molecule has 23 heavy (non-hydrogen) atoms. The van der Waals surface area contributed by atoms with Crippen LogP contribution in [0, 0.1) is 11.8 Å². The molecular formula is C16H24N2O5. The van der Waals surface area contributed by atoms with E-state index in [0.29, 0.717) is 19.5 Å². The molecule has 7 heteroatoms. The van der Waals surface area contributed by atoms with Gasteiger partial charge >= 0.3 is 5.97 Å². The lowest BCUT2D eigenvalue weighted by molar-refractivity contribution is -0.161. The number of ether oxygens (including phenoxy) is 1. The van der Waals surface area contributed by atoms with Crippen LogP contribution in [0.3, 0.4) is 0 Å². The summed E-state index contributed by atoms with van der Waals surface area (Å²) in [4.78, 5) is 39.7. The summed E-state index contributed by atoms with van der Waals surface area (Å²) in [5.41, 5.74) is -1.28. The molecule has 0 spiro atoms. The van der Waals surface area contributed by atoms with Crippen molar-refractivity contribution >= 4 is 17.8 Å². The Morgan fingerprint density at radius 3 is 2.30 bits per heavy atom. The zero-order valence-electron chi connectivity index (χ0n) is 13.5. The molecule has 0 bridgehead atoms. The molecule has 2 amide bonds. The third-order valence-electron chi connectivity index (χ3n) is 5.33. The first-order chi connectivity index (χ1) is 11.0. The van der Waals surface area contributed by atoms with Gasteiger partial charge in [-0.15, -0.1) is 0 Å². The highest BCUT2D eigenvalue weighted by Gasteiger charge is 2.48. The molecule has 1 saturated carbocycles. The minimum Gasteiger partial charge on any atom is -0.479 e. The molecule has 0 radical (unpaired) electrons. The molecule has 0 aromatic heterocycles. The minimum atomic E-state index is -1.28. The van der Waals surface area contributed by atoms with Crippen LogP contribution in [0.4, 0.5) is 0 Å². The highest BCUT2D eigenvalue weighted by molar-refractivity contribution is 5.85. The van der Waals surface area contributed by atoms with Crippen molar-refractivity contribution in [3.8, 4) is 0 Å². The number of carbonyl (C=O) groups is 3. The molecule has 0 aromatic rings. The third-order valence-corrected chi connectivity index (χ3v) is 5.33. The van der Waals surface area contributed by atoms with Crippen molar-refractivity contribution in [2.24, 2.45) is 11.8 Å². The lowest BCUT2D eigenvalue weighted by Gasteiger charge is -2.34. The highest BCUT2D eigenvalue weighted by atomic mass is 16.5. The fourth-order valence-electron chi connectivity index (χ4n) is 3.62. The zero-order chi connectivity index (χ0) is 16.6. The quantitative estimate of drug-likeness (QED) is 0.805. The van der Waals surface area contributed by atoms with Gasteiger partial charge in [-0.1, -0.05) is 0 Å². The highest BCUT2D eigenvalue weighted by Crippen LogP contribution is 2.33. The second-order valence-corrected chi connectivity index (χ2v) is 6.91. The summed E-state index contributed by atoms with van der Waals surface area (Å²) < 4.78 is 5.17. The average molecular weight is 324 g/mol. The van der Waals surface area contributed by atoms with Gasteiger partial charge in [-0.05, 0) is 25.7 Å². The van der Waals surface area contributed by atoms with Crippen LogP contribution in [0.2, 0.25) is 0 Å². The maximum Gasteiger partial charge on any atom is 0.337 e.